The van der Waals surface area contributed by atoms with Crippen LogP contribution in [-0.2, 0) is 10.0 Å². The molecule has 1 heterocycles. The van der Waals surface area contributed by atoms with Crippen molar-refractivity contribution in [3.63, 3.8) is 0 Å². The highest BCUT2D eigenvalue weighted by atomic mass is 32.2. The van der Waals surface area contributed by atoms with Crippen molar-refractivity contribution < 1.29 is 18.3 Å². The summed E-state index contributed by atoms with van der Waals surface area (Å²) in [5, 5.41) is 8.88. The fourth-order valence-electron chi connectivity index (χ4n) is 1.77. The third kappa shape index (κ3) is 2.68. The lowest BCUT2D eigenvalue weighted by Crippen LogP contribution is -2.30. The molecular weight excluding hydrogens is 298 g/mol. The molecule has 1 aromatic carbocycles. The van der Waals surface area contributed by atoms with Crippen LogP contribution in [0.3, 0.4) is 0 Å². The third-order valence-corrected chi connectivity index (χ3v) is 6.11. The van der Waals surface area contributed by atoms with Crippen LogP contribution in [0.2, 0.25) is 0 Å². The Labute approximate surface area is 121 Å². The Balaban J connectivity index is 2.44. The number of nitrogens with zero attached hydrogens (tertiary/aromatic N) is 1. The van der Waals surface area contributed by atoms with E-state index in [1.54, 1.807) is 37.3 Å². The van der Waals surface area contributed by atoms with Gasteiger partial charge in [0.25, 0.3) is 10.0 Å². The Bertz CT molecular complexity index is 707. The second-order valence-corrected chi connectivity index (χ2v) is 7.10. The zero-order valence-corrected chi connectivity index (χ0v) is 12.3. The highest BCUT2D eigenvalue weighted by molar-refractivity contribution is 7.94. The normalized spacial score (nSPS) is 11.2. The zero-order valence-electron chi connectivity index (χ0n) is 10.7. The highest BCUT2D eigenvalue weighted by Gasteiger charge is 2.26. The van der Waals surface area contributed by atoms with Crippen molar-refractivity contribution in [2.45, 2.75) is 11.1 Å². The Morgan fingerprint density at radius 3 is 2.35 bits per heavy atom. The molecule has 1 N–H and O–H groups in total. The second-order valence-electron chi connectivity index (χ2n) is 3.93. The summed E-state index contributed by atoms with van der Waals surface area (Å²) < 4.78 is 26.4. The molecule has 1 aromatic heterocycles. The lowest BCUT2D eigenvalue weighted by molar-refractivity contribution is 0.0702. The van der Waals surface area contributed by atoms with Gasteiger partial charge >= 0.3 is 5.97 Å². The molecule has 0 aliphatic heterocycles. The molecule has 0 unspecified atom stereocenters. The third-order valence-electron chi connectivity index (χ3n) is 2.67. The lowest BCUT2D eigenvalue weighted by atomic mass is 10.3. The standard InChI is InChI=1S/C13H13NO4S2/c1-2-14(10-6-4-3-5-7-10)20(17,18)12-9-8-11(19-12)13(15)16/h3-9H,2H2,1H3,(H,15,16). The average Bonchev–Trinajstić information content (AvgIpc) is 2.91. The first kappa shape index (κ1) is 14.5. The molecule has 20 heavy (non-hydrogen) atoms. The quantitative estimate of drug-likeness (QED) is 0.921. The van der Waals surface area contributed by atoms with Crippen LogP contribution in [0.25, 0.3) is 0 Å². The van der Waals surface area contributed by atoms with Gasteiger partial charge in [-0.05, 0) is 31.2 Å². The van der Waals surface area contributed by atoms with Crippen LogP contribution in [0.5, 0.6) is 0 Å². The summed E-state index contributed by atoms with van der Waals surface area (Å²) in [4.78, 5) is 10.9. The Kier molecular flexibility index (Phi) is 4.10. The first-order chi connectivity index (χ1) is 9.46. The van der Waals surface area contributed by atoms with E-state index in [0.717, 1.165) is 11.3 Å². The van der Waals surface area contributed by atoms with Crippen molar-refractivity contribution in [3.05, 3.63) is 47.3 Å². The van der Waals surface area contributed by atoms with E-state index in [1.165, 1.54) is 16.4 Å². The van der Waals surface area contributed by atoms with Crippen LogP contribution in [0.1, 0.15) is 16.6 Å². The van der Waals surface area contributed by atoms with E-state index in [9.17, 15) is 13.2 Å². The van der Waals surface area contributed by atoms with Crippen LogP contribution in [0.15, 0.2) is 46.7 Å². The van der Waals surface area contributed by atoms with Crippen molar-refractivity contribution in [1.82, 2.24) is 0 Å². The molecule has 2 aromatic rings. The van der Waals surface area contributed by atoms with E-state index in [1.807, 2.05) is 0 Å². The summed E-state index contributed by atoms with van der Waals surface area (Å²) in [6.45, 7) is 2.00. The second kappa shape index (κ2) is 5.64. The van der Waals surface area contributed by atoms with Crippen LogP contribution in [-0.4, -0.2) is 26.0 Å². The number of para-hydroxylation sites is 1. The number of rotatable bonds is 5. The van der Waals surface area contributed by atoms with E-state index in [-0.39, 0.29) is 15.6 Å². The van der Waals surface area contributed by atoms with Crippen molar-refractivity contribution in [2.75, 3.05) is 10.8 Å². The summed E-state index contributed by atoms with van der Waals surface area (Å²) in [5.74, 6) is -1.13. The van der Waals surface area contributed by atoms with Gasteiger partial charge < -0.3 is 5.11 Å². The molecule has 0 atom stereocenters. The number of carbonyl (C=O) groups is 1. The summed E-state index contributed by atoms with van der Waals surface area (Å²) in [7, 11) is -3.73. The highest BCUT2D eigenvalue weighted by Crippen LogP contribution is 2.28. The largest absolute Gasteiger partial charge is 0.477 e. The Morgan fingerprint density at radius 1 is 1.20 bits per heavy atom. The van der Waals surface area contributed by atoms with Gasteiger partial charge in [0.2, 0.25) is 0 Å². The van der Waals surface area contributed by atoms with Crippen molar-refractivity contribution in [1.29, 1.82) is 0 Å². The van der Waals surface area contributed by atoms with E-state index in [2.05, 4.69) is 0 Å². The topological polar surface area (TPSA) is 74.7 Å². The van der Waals surface area contributed by atoms with Gasteiger partial charge in [-0.3, -0.25) is 4.31 Å². The number of carboxylic acids is 1. The van der Waals surface area contributed by atoms with Crippen LogP contribution >= 0.6 is 11.3 Å². The number of thiophene rings is 1. The van der Waals surface area contributed by atoms with Crippen LogP contribution < -0.4 is 4.31 Å². The molecule has 106 valence electrons. The summed E-state index contributed by atoms with van der Waals surface area (Å²) >= 11 is 0.757. The van der Waals surface area contributed by atoms with E-state index >= 15 is 0 Å². The number of carboxylic acid groups (broad SMARTS) is 1. The molecule has 7 heteroatoms. The summed E-state index contributed by atoms with van der Waals surface area (Å²) in [5.41, 5.74) is 0.556. The first-order valence-corrected chi connectivity index (χ1v) is 8.13. The molecule has 2 rings (SSSR count). The van der Waals surface area contributed by atoms with Crippen molar-refractivity contribution in [3.8, 4) is 0 Å². The number of benzene rings is 1. The maximum atomic E-state index is 12.5. The lowest BCUT2D eigenvalue weighted by Gasteiger charge is -2.21. The van der Waals surface area contributed by atoms with Gasteiger partial charge in [-0.25, -0.2) is 13.2 Å². The number of sulfonamides is 1. The predicted octanol–water partition coefficient (Wildman–Crippen LogP) is 2.66. The van der Waals surface area contributed by atoms with Crippen molar-refractivity contribution in [2.24, 2.45) is 0 Å². The predicted molar refractivity (Wildman–Crippen MR) is 77.9 cm³/mol. The number of anilines is 1. The minimum atomic E-state index is -3.73. The van der Waals surface area contributed by atoms with Crippen LogP contribution in [0, 0.1) is 0 Å². The van der Waals surface area contributed by atoms with Gasteiger partial charge in [0.05, 0.1) is 5.69 Å². The van der Waals surface area contributed by atoms with E-state index in [4.69, 9.17) is 5.11 Å². The number of aromatic carboxylic acids is 1. The molecular formula is C13H13NO4S2. The van der Waals surface area contributed by atoms with Gasteiger partial charge in [0.15, 0.2) is 0 Å². The summed E-state index contributed by atoms with van der Waals surface area (Å²) in [6.07, 6.45) is 0. The van der Waals surface area contributed by atoms with E-state index < -0.39 is 16.0 Å². The molecule has 0 spiro atoms. The average molecular weight is 311 g/mol. The van der Waals surface area contributed by atoms with Gasteiger partial charge in [-0.1, -0.05) is 18.2 Å². The molecule has 0 radical (unpaired) electrons. The van der Waals surface area contributed by atoms with Crippen molar-refractivity contribution >= 4 is 33.0 Å². The molecule has 0 saturated heterocycles. The number of hydrogen-bond donors (Lipinski definition) is 1. The van der Waals surface area contributed by atoms with Gasteiger partial charge in [-0.2, -0.15) is 0 Å². The maximum absolute atomic E-state index is 12.5. The fourth-order valence-corrected chi connectivity index (χ4v) is 4.50. The Morgan fingerprint density at radius 2 is 1.85 bits per heavy atom. The minimum absolute atomic E-state index is 0.00712. The molecule has 0 saturated carbocycles. The first-order valence-electron chi connectivity index (χ1n) is 5.87. The molecule has 0 bridgehead atoms. The monoisotopic (exact) mass is 311 g/mol. The molecule has 0 amide bonds. The van der Waals surface area contributed by atoms with Gasteiger partial charge in [-0.15, -0.1) is 11.3 Å². The molecule has 0 fully saturated rings. The molecule has 0 aliphatic carbocycles. The SMILES string of the molecule is CCN(c1ccccc1)S(=O)(=O)c1ccc(C(=O)O)s1. The van der Waals surface area contributed by atoms with Gasteiger partial charge in [0.1, 0.15) is 9.09 Å². The fraction of sp³-hybridized carbons (Fsp3) is 0.154. The minimum Gasteiger partial charge on any atom is -0.477 e. The Hall–Kier alpha value is -1.86. The summed E-state index contributed by atoms with van der Waals surface area (Å²) in [6, 6.07) is 11.3. The van der Waals surface area contributed by atoms with Crippen LogP contribution in [0.4, 0.5) is 5.69 Å². The zero-order chi connectivity index (χ0) is 14.8. The maximum Gasteiger partial charge on any atom is 0.345 e. The number of hydrogen-bond acceptors (Lipinski definition) is 4. The molecule has 5 nitrogen and oxygen atoms in total. The molecule has 0 aliphatic rings. The smallest absolute Gasteiger partial charge is 0.345 e. The van der Waals surface area contributed by atoms with Gasteiger partial charge in [0, 0.05) is 6.54 Å². The van der Waals surface area contributed by atoms with E-state index in [0.29, 0.717) is 5.69 Å².